The van der Waals surface area contributed by atoms with Crippen molar-refractivity contribution in [3.05, 3.63) is 12.7 Å². The summed E-state index contributed by atoms with van der Waals surface area (Å²) in [5, 5.41) is 8.70. The van der Waals surface area contributed by atoms with Crippen LogP contribution in [0.25, 0.3) is 0 Å². The van der Waals surface area contributed by atoms with E-state index in [2.05, 4.69) is 11.3 Å². The fourth-order valence-electron chi connectivity index (χ4n) is 1.15. The molecule has 9 heteroatoms. The van der Waals surface area contributed by atoms with Crippen molar-refractivity contribution < 1.29 is 37.1 Å². The van der Waals surface area contributed by atoms with Crippen molar-refractivity contribution in [3.63, 3.8) is 0 Å². The summed E-state index contributed by atoms with van der Waals surface area (Å²) >= 11 is 0. The largest absolute Gasteiger partial charge is 0.481 e. The van der Waals surface area contributed by atoms with Crippen molar-refractivity contribution in [3.8, 4) is 0 Å². The molecule has 0 rings (SSSR count). The Morgan fingerprint density at radius 2 is 2.00 bits per heavy atom. The Bertz CT molecular complexity index is 440. The summed E-state index contributed by atoms with van der Waals surface area (Å²) in [5.41, 5.74) is 0. The standard InChI is InChI=1S/C10H16O8S/c1-3-5-17-9(13)10(7-8(11)12,18-6-4-2)19(14,15)16/h4H,2-3,5-7H2,1H3,(H,11,12)(H,14,15,16). The normalized spacial score (nSPS) is 14.4. The Hall–Kier alpha value is -1.45. The summed E-state index contributed by atoms with van der Waals surface area (Å²) in [5.74, 6) is -3.11. The van der Waals surface area contributed by atoms with E-state index in [0.717, 1.165) is 6.08 Å². The third-order valence-corrected chi connectivity index (χ3v) is 3.25. The molecule has 1 atom stereocenters. The van der Waals surface area contributed by atoms with E-state index >= 15 is 0 Å². The number of aliphatic carboxylic acids is 1. The van der Waals surface area contributed by atoms with Gasteiger partial charge in [-0.3, -0.25) is 9.35 Å². The predicted octanol–water partition coefficient (Wildman–Crippen LogP) is 0.201. The van der Waals surface area contributed by atoms with Crippen LogP contribution in [0, 0.1) is 0 Å². The molecule has 0 spiro atoms. The van der Waals surface area contributed by atoms with Gasteiger partial charge in [0.2, 0.25) is 0 Å². The number of carbonyl (C=O) groups excluding carboxylic acids is 1. The molecule has 110 valence electrons. The molecule has 0 radical (unpaired) electrons. The maximum absolute atomic E-state index is 11.7. The summed E-state index contributed by atoms with van der Waals surface area (Å²) in [6.07, 6.45) is 0.221. The van der Waals surface area contributed by atoms with Crippen LogP contribution in [0.1, 0.15) is 19.8 Å². The quantitative estimate of drug-likeness (QED) is 0.351. The Morgan fingerprint density at radius 3 is 2.37 bits per heavy atom. The summed E-state index contributed by atoms with van der Waals surface area (Å²) in [6.45, 7) is 4.32. The highest BCUT2D eigenvalue weighted by Gasteiger charge is 2.55. The molecule has 0 bridgehead atoms. The molecule has 8 nitrogen and oxygen atoms in total. The first-order valence-corrected chi connectivity index (χ1v) is 6.76. The molecular formula is C10H16O8S. The van der Waals surface area contributed by atoms with E-state index < -0.39 is 40.0 Å². The molecule has 0 heterocycles. The first-order chi connectivity index (χ1) is 8.71. The van der Waals surface area contributed by atoms with E-state index in [1.165, 1.54) is 0 Å². The SMILES string of the molecule is C=CCOC(CC(=O)O)(C(=O)OCCC)S(=O)(=O)O. The van der Waals surface area contributed by atoms with E-state index in [1.807, 2.05) is 0 Å². The number of hydrogen-bond acceptors (Lipinski definition) is 6. The van der Waals surface area contributed by atoms with Crippen LogP contribution >= 0.6 is 0 Å². The minimum absolute atomic E-state index is 0.132. The highest BCUT2D eigenvalue weighted by atomic mass is 32.2. The average molecular weight is 296 g/mol. The van der Waals surface area contributed by atoms with Crippen LogP contribution in [0.15, 0.2) is 12.7 Å². The molecule has 0 aliphatic carbocycles. The first kappa shape index (κ1) is 17.6. The number of hydrogen-bond donors (Lipinski definition) is 2. The molecule has 1 unspecified atom stereocenters. The Morgan fingerprint density at radius 1 is 1.42 bits per heavy atom. The van der Waals surface area contributed by atoms with E-state index in [9.17, 15) is 18.0 Å². The van der Waals surface area contributed by atoms with Gasteiger partial charge in [0.25, 0.3) is 0 Å². The lowest BCUT2D eigenvalue weighted by molar-refractivity contribution is -0.166. The monoisotopic (exact) mass is 296 g/mol. The van der Waals surface area contributed by atoms with Gasteiger partial charge >= 0.3 is 27.0 Å². The van der Waals surface area contributed by atoms with Crippen LogP contribution in [0.2, 0.25) is 0 Å². The Labute approximate surface area is 110 Å². The second-order valence-corrected chi connectivity index (χ2v) is 5.14. The molecule has 0 saturated carbocycles. The van der Waals surface area contributed by atoms with Crippen LogP contribution in [0.3, 0.4) is 0 Å². The van der Waals surface area contributed by atoms with Crippen LogP contribution in [-0.2, 0) is 29.2 Å². The number of carbonyl (C=O) groups is 2. The number of rotatable bonds is 9. The highest BCUT2D eigenvalue weighted by Crippen LogP contribution is 2.25. The van der Waals surface area contributed by atoms with E-state index in [-0.39, 0.29) is 6.61 Å². The van der Waals surface area contributed by atoms with Crippen LogP contribution in [-0.4, -0.2) is 48.2 Å². The van der Waals surface area contributed by atoms with E-state index in [1.54, 1.807) is 6.92 Å². The molecule has 0 fully saturated rings. The minimum Gasteiger partial charge on any atom is -0.481 e. The molecule has 0 aromatic rings. The lowest BCUT2D eigenvalue weighted by Gasteiger charge is -2.26. The lowest BCUT2D eigenvalue weighted by atomic mass is 10.2. The predicted molar refractivity (Wildman–Crippen MR) is 63.9 cm³/mol. The van der Waals surface area contributed by atoms with E-state index in [0.29, 0.717) is 6.42 Å². The highest BCUT2D eigenvalue weighted by molar-refractivity contribution is 7.88. The minimum atomic E-state index is -5.15. The summed E-state index contributed by atoms with van der Waals surface area (Å²) in [7, 11) is -5.15. The second-order valence-electron chi connectivity index (χ2n) is 3.53. The molecular weight excluding hydrogens is 280 g/mol. The summed E-state index contributed by atoms with van der Waals surface area (Å²) in [6, 6.07) is 0. The van der Waals surface area contributed by atoms with Gasteiger partial charge in [-0.15, -0.1) is 6.58 Å². The zero-order valence-corrected chi connectivity index (χ0v) is 11.2. The van der Waals surface area contributed by atoms with Gasteiger partial charge in [-0.25, -0.2) is 4.79 Å². The van der Waals surface area contributed by atoms with Crippen LogP contribution in [0.5, 0.6) is 0 Å². The number of carboxylic acids is 1. The van der Waals surface area contributed by atoms with Crippen molar-refractivity contribution in [1.29, 1.82) is 0 Å². The van der Waals surface area contributed by atoms with Gasteiger partial charge in [0.1, 0.15) is 6.42 Å². The van der Waals surface area contributed by atoms with Crippen LogP contribution < -0.4 is 0 Å². The summed E-state index contributed by atoms with van der Waals surface area (Å²) in [4.78, 5) is 19.5. The van der Waals surface area contributed by atoms with Crippen molar-refractivity contribution in [2.24, 2.45) is 0 Å². The first-order valence-electron chi connectivity index (χ1n) is 5.32. The topological polar surface area (TPSA) is 127 Å². The molecule has 0 aliphatic heterocycles. The van der Waals surface area contributed by atoms with Gasteiger partial charge in [0, 0.05) is 0 Å². The van der Waals surface area contributed by atoms with E-state index in [4.69, 9.17) is 14.4 Å². The zero-order chi connectivity index (χ0) is 15.1. The molecule has 2 N–H and O–H groups in total. The van der Waals surface area contributed by atoms with Gasteiger partial charge in [0.05, 0.1) is 13.2 Å². The van der Waals surface area contributed by atoms with Crippen molar-refractivity contribution in [2.45, 2.75) is 24.7 Å². The third-order valence-electron chi connectivity index (χ3n) is 1.98. The van der Waals surface area contributed by atoms with Gasteiger partial charge in [-0.05, 0) is 6.42 Å². The molecule has 19 heavy (non-hydrogen) atoms. The van der Waals surface area contributed by atoms with Crippen LogP contribution in [0.4, 0.5) is 0 Å². The smallest absolute Gasteiger partial charge is 0.357 e. The second kappa shape index (κ2) is 7.22. The Balaban J connectivity index is 5.53. The Kier molecular flexibility index (Phi) is 6.67. The molecule has 0 aromatic heterocycles. The number of ether oxygens (including phenoxy) is 2. The molecule has 0 aromatic carbocycles. The summed E-state index contributed by atoms with van der Waals surface area (Å²) < 4.78 is 41.1. The molecule has 0 amide bonds. The maximum Gasteiger partial charge on any atom is 0.357 e. The molecule has 0 aliphatic rings. The van der Waals surface area contributed by atoms with Gasteiger partial charge in [0.15, 0.2) is 0 Å². The van der Waals surface area contributed by atoms with Gasteiger partial charge in [-0.2, -0.15) is 8.42 Å². The third kappa shape index (κ3) is 4.62. The fraction of sp³-hybridized carbons (Fsp3) is 0.600. The maximum atomic E-state index is 11.7. The van der Waals surface area contributed by atoms with Gasteiger partial charge < -0.3 is 14.6 Å². The molecule has 0 saturated heterocycles. The average Bonchev–Trinajstić information content (AvgIpc) is 2.29. The van der Waals surface area contributed by atoms with Crippen molar-refractivity contribution in [1.82, 2.24) is 0 Å². The van der Waals surface area contributed by atoms with Crippen molar-refractivity contribution >= 4 is 22.1 Å². The fourth-order valence-corrected chi connectivity index (χ4v) is 1.94. The van der Waals surface area contributed by atoms with Gasteiger partial charge in [-0.1, -0.05) is 13.0 Å². The number of carboxylic acid groups (broad SMARTS) is 1. The number of esters is 1. The van der Waals surface area contributed by atoms with Crippen molar-refractivity contribution in [2.75, 3.05) is 13.2 Å². The lowest BCUT2D eigenvalue weighted by Crippen LogP contribution is -2.51. The zero-order valence-electron chi connectivity index (χ0n) is 10.4.